The second kappa shape index (κ2) is 7.27. The van der Waals surface area contributed by atoms with Crippen LogP contribution >= 0.6 is 11.6 Å². The molecule has 126 valence electrons. The predicted molar refractivity (Wildman–Crippen MR) is 101 cm³/mol. The van der Waals surface area contributed by atoms with Crippen molar-refractivity contribution in [3.05, 3.63) is 58.6 Å². The zero-order valence-corrected chi connectivity index (χ0v) is 14.9. The van der Waals surface area contributed by atoms with Gasteiger partial charge in [-0.15, -0.1) is 0 Å². The highest BCUT2D eigenvalue weighted by Crippen LogP contribution is 2.26. The molecular formula is C20H23ClN2O. The Morgan fingerprint density at radius 2 is 1.75 bits per heavy atom. The average molecular weight is 343 g/mol. The molecular weight excluding hydrogens is 320 g/mol. The van der Waals surface area contributed by atoms with Gasteiger partial charge in [0.25, 0.3) is 0 Å². The number of carbonyl (C=O) groups is 1. The first-order valence-corrected chi connectivity index (χ1v) is 8.79. The SMILES string of the molecule is Cc1ccc(N2CCC(C(=O)Nc3ccc(Cl)cc3C)CC2)cc1. The van der Waals surface area contributed by atoms with Crippen molar-refractivity contribution < 1.29 is 4.79 Å². The molecule has 1 aliphatic heterocycles. The van der Waals surface area contributed by atoms with Gasteiger partial charge in [0.05, 0.1) is 0 Å². The van der Waals surface area contributed by atoms with E-state index in [2.05, 4.69) is 41.4 Å². The van der Waals surface area contributed by atoms with Crippen LogP contribution in [-0.2, 0) is 4.79 Å². The minimum atomic E-state index is 0.0711. The van der Waals surface area contributed by atoms with Crippen LogP contribution in [0.5, 0.6) is 0 Å². The second-order valence-electron chi connectivity index (χ2n) is 6.55. The monoisotopic (exact) mass is 342 g/mol. The molecule has 0 radical (unpaired) electrons. The summed E-state index contributed by atoms with van der Waals surface area (Å²) in [6, 6.07) is 14.1. The van der Waals surface area contributed by atoms with Crippen LogP contribution in [0.2, 0.25) is 5.02 Å². The van der Waals surface area contributed by atoms with E-state index in [9.17, 15) is 4.79 Å². The van der Waals surface area contributed by atoms with Gasteiger partial charge in [-0.2, -0.15) is 0 Å². The summed E-state index contributed by atoms with van der Waals surface area (Å²) in [5.41, 5.74) is 4.36. The van der Waals surface area contributed by atoms with Crippen molar-refractivity contribution in [3.63, 3.8) is 0 Å². The Labute approximate surface area is 148 Å². The first kappa shape index (κ1) is 16.8. The minimum Gasteiger partial charge on any atom is -0.371 e. The van der Waals surface area contributed by atoms with E-state index in [1.807, 2.05) is 25.1 Å². The maximum absolute atomic E-state index is 12.5. The van der Waals surface area contributed by atoms with Crippen molar-refractivity contribution in [2.45, 2.75) is 26.7 Å². The lowest BCUT2D eigenvalue weighted by molar-refractivity contribution is -0.120. The van der Waals surface area contributed by atoms with Gasteiger partial charge in [0.15, 0.2) is 0 Å². The summed E-state index contributed by atoms with van der Waals surface area (Å²) in [5, 5.41) is 3.74. The number of hydrogen-bond acceptors (Lipinski definition) is 2. The number of rotatable bonds is 3. The third-order valence-corrected chi connectivity index (χ3v) is 4.95. The van der Waals surface area contributed by atoms with E-state index in [-0.39, 0.29) is 11.8 Å². The van der Waals surface area contributed by atoms with Gasteiger partial charge in [0.1, 0.15) is 0 Å². The highest BCUT2D eigenvalue weighted by molar-refractivity contribution is 6.30. The molecule has 0 unspecified atom stereocenters. The van der Waals surface area contributed by atoms with Gasteiger partial charge < -0.3 is 10.2 Å². The summed E-state index contributed by atoms with van der Waals surface area (Å²) in [4.78, 5) is 14.9. The van der Waals surface area contributed by atoms with Crippen LogP contribution in [-0.4, -0.2) is 19.0 Å². The fourth-order valence-electron chi connectivity index (χ4n) is 3.16. The number of piperidine rings is 1. The summed E-state index contributed by atoms with van der Waals surface area (Å²) in [5.74, 6) is 0.186. The third-order valence-electron chi connectivity index (χ3n) is 4.71. The number of benzene rings is 2. The van der Waals surface area contributed by atoms with E-state index in [1.165, 1.54) is 11.3 Å². The number of nitrogens with one attached hydrogen (secondary N) is 1. The third kappa shape index (κ3) is 3.90. The number of amides is 1. The first-order chi connectivity index (χ1) is 11.5. The Hall–Kier alpha value is -2.00. The highest BCUT2D eigenvalue weighted by atomic mass is 35.5. The molecule has 4 heteroatoms. The van der Waals surface area contributed by atoms with Crippen molar-refractivity contribution in [1.29, 1.82) is 0 Å². The Kier molecular flexibility index (Phi) is 5.10. The molecule has 0 bridgehead atoms. The molecule has 1 heterocycles. The Morgan fingerprint density at radius 3 is 2.38 bits per heavy atom. The van der Waals surface area contributed by atoms with Crippen molar-refractivity contribution in [3.8, 4) is 0 Å². The Bertz CT molecular complexity index is 719. The summed E-state index contributed by atoms with van der Waals surface area (Å²) >= 11 is 5.97. The molecule has 0 aromatic heterocycles. The van der Waals surface area contributed by atoms with Crippen molar-refractivity contribution in [1.82, 2.24) is 0 Å². The molecule has 0 spiro atoms. The number of hydrogen-bond donors (Lipinski definition) is 1. The normalized spacial score (nSPS) is 15.4. The molecule has 3 nitrogen and oxygen atoms in total. The van der Waals surface area contributed by atoms with Gasteiger partial charge in [-0.1, -0.05) is 29.3 Å². The van der Waals surface area contributed by atoms with Crippen LogP contribution in [0.1, 0.15) is 24.0 Å². The van der Waals surface area contributed by atoms with Crippen LogP contribution in [0.4, 0.5) is 11.4 Å². The molecule has 1 fully saturated rings. The van der Waals surface area contributed by atoms with E-state index in [0.717, 1.165) is 37.2 Å². The largest absolute Gasteiger partial charge is 0.371 e. The lowest BCUT2D eigenvalue weighted by Gasteiger charge is -2.33. The maximum atomic E-state index is 12.5. The van der Waals surface area contributed by atoms with Crippen LogP contribution in [0.3, 0.4) is 0 Å². The maximum Gasteiger partial charge on any atom is 0.227 e. The van der Waals surface area contributed by atoms with Crippen LogP contribution in [0.25, 0.3) is 0 Å². The number of nitrogens with zero attached hydrogens (tertiary/aromatic N) is 1. The molecule has 1 saturated heterocycles. The first-order valence-electron chi connectivity index (χ1n) is 8.41. The van der Waals surface area contributed by atoms with Gasteiger partial charge in [-0.05, 0) is 62.6 Å². The molecule has 1 aliphatic rings. The van der Waals surface area contributed by atoms with Crippen molar-refractivity contribution >= 4 is 28.9 Å². The second-order valence-corrected chi connectivity index (χ2v) is 6.98. The molecule has 1 N–H and O–H groups in total. The summed E-state index contributed by atoms with van der Waals surface area (Å²) in [6.45, 7) is 5.89. The average Bonchev–Trinajstić information content (AvgIpc) is 2.58. The Morgan fingerprint density at radius 1 is 1.08 bits per heavy atom. The van der Waals surface area contributed by atoms with E-state index in [4.69, 9.17) is 11.6 Å². The molecule has 1 amide bonds. The molecule has 2 aromatic rings. The standard InChI is InChI=1S/C20H23ClN2O/c1-14-3-6-18(7-4-14)23-11-9-16(10-12-23)20(24)22-19-8-5-17(21)13-15(19)2/h3-8,13,16H,9-12H2,1-2H3,(H,22,24). The van der Waals surface area contributed by atoms with E-state index in [0.29, 0.717) is 5.02 Å². The summed E-state index contributed by atoms with van der Waals surface area (Å²) in [7, 11) is 0. The van der Waals surface area contributed by atoms with Gasteiger partial charge in [-0.25, -0.2) is 0 Å². The predicted octanol–water partition coefficient (Wildman–Crippen LogP) is 4.81. The fraction of sp³-hybridized carbons (Fsp3) is 0.350. The number of anilines is 2. The number of aryl methyl sites for hydroxylation is 2. The molecule has 0 aliphatic carbocycles. The van der Waals surface area contributed by atoms with Gasteiger partial charge in [-0.3, -0.25) is 4.79 Å². The topological polar surface area (TPSA) is 32.3 Å². The van der Waals surface area contributed by atoms with Gasteiger partial charge >= 0.3 is 0 Å². The fourth-order valence-corrected chi connectivity index (χ4v) is 3.38. The van der Waals surface area contributed by atoms with E-state index < -0.39 is 0 Å². The molecule has 2 aromatic carbocycles. The van der Waals surface area contributed by atoms with Crippen molar-refractivity contribution in [2.75, 3.05) is 23.3 Å². The zero-order chi connectivity index (χ0) is 17.1. The summed E-state index contributed by atoms with van der Waals surface area (Å²) < 4.78 is 0. The molecule has 0 atom stereocenters. The molecule has 24 heavy (non-hydrogen) atoms. The van der Waals surface area contributed by atoms with Gasteiger partial charge in [0.2, 0.25) is 5.91 Å². The van der Waals surface area contributed by atoms with Crippen LogP contribution in [0, 0.1) is 19.8 Å². The Balaban J connectivity index is 1.58. The lowest BCUT2D eigenvalue weighted by atomic mass is 9.95. The zero-order valence-electron chi connectivity index (χ0n) is 14.2. The highest BCUT2D eigenvalue weighted by Gasteiger charge is 2.25. The lowest BCUT2D eigenvalue weighted by Crippen LogP contribution is -2.38. The van der Waals surface area contributed by atoms with Crippen molar-refractivity contribution in [2.24, 2.45) is 5.92 Å². The summed E-state index contributed by atoms with van der Waals surface area (Å²) in [6.07, 6.45) is 1.76. The van der Waals surface area contributed by atoms with Crippen LogP contribution in [0.15, 0.2) is 42.5 Å². The molecule has 0 saturated carbocycles. The van der Waals surface area contributed by atoms with E-state index in [1.54, 1.807) is 0 Å². The minimum absolute atomic E-state index is 0.0711. The quantitative estimate of drug-likeness (QED) is 0.868. The smallest absolute Gasteiger partial charge is 0.227 e. The van der Waals surface area contributed by atoms with E-state index >= 15 is 0 Å². The van der Waals surface area contributed by atoms with Crippen LogP contribution < -0.4 is 10.2 Å². The number of carbonyl (C=O) groups excluding carboxylic acids is 1. The van der Waals surface area contributed by atoms with Gasteiger partial charge in [0, 0.05) is 35.4 Å². The number of halogens is 1. The molecule has 3 rings (SSSR count).